The largest absolute Gasteiger partial charge is 0.508 e. The van der Waals surface area contributed by atoms with Gasteiger partial charge in [0.2, 0.25) is 0 Å². The van der Waals surface area contributed by atoms with E-state index in [2.05, 4.69) is 44.2 Å². The maximum absolute atomic E-state index is 12.2. The Kier molecular flexibility index (Phi) is 3.69. The maximum Gasteiger partial charge on any atom is 0.156 e. The van der Waals surface area contributed by atoms with E-state index in [1.54, 1.807) is 18.2 Å². The number of hydrogen-bond acceptors (Lipinski definition) is 2. The summed E-state index contributed by atoms with van der Waals surface area (Å²) in [6.07, 6.45) is 4.58. The van der Waals surface area contributed by atoms with Crippen LogP contribution in [0.25, 0.3) is 11.1 Å². The zero-order valence-corrected chi connectivity index (χ0v) is 14.4. The van der Waals surface area contributed by atoms with Gasteiger partial charge in [-0.05, 0) is 70.5 Å². The first-order valence-corrected chi connectivity index (χ1v) is 8.60. The molecular weight excluding hydrogens is 308 g/mol. The van der Waals surface area contributed by atoms with Crippen molar-refractivity contribution in [3.05, 3.63) is 88.5 Å². The number of benzene rings is 2. The van der Waals surface area contributed by atoms with E-state index in [4.69, 9.17) is 0 Å². The van der Waals surface area contributed by atoms with E-state index >= 15 is 0 Å². The van der Waals surface area contributed by atoms with Crippen molar-refractivity contribution in [2.45, 2.75) is 20.3 Å². The van der Waals surface area contributed by atoms with Crippen molar-refractivity contribution < 1.29 is 9.90 Å². The van der Waals surface area contributed by atoms with Gasteiger partial charge in [-0.25, -0.2) is 0 Å². The van der Waals surface area contributed by atoms with Gasteiger partial charge in [-0.3, -0.25) is 4.79 Å². The number of phenols is 1. The van der Waals surface area contributed by atoms with Gasteiger partial charge in [0.1, 0.15) is 5.75 Å². The van der Waals surface area contributed by atoms with E-state index < -0.39 is 0 Å². The fourth-order valence-corrected chi connectivity index (χ4v) is 3.69. The van der Waals surface area contributed by atoms with Gasteiger partial charge in [-0.1, -0.05) is 48.9 Å². The topological polar surface area (TPSA) is 37.3 Å². The van der Waals surface area contributed by atoms with E-state index in [1.165, 1.54) is 11.1 Å². The molecule has 0 spiro atoms. The van der Waals surface area contributed by atoms with Crippen LogP contribution in [0.2, 0.25) is 0 Å². The fourth-order valence-electron chi connectivity index (χ4n) is 3.69. The molecule has 2 nitrogen and oxygen atoms in total. The summed E-state index contributed by atoms with van der Waals surface area (Å²) in [7, 11) is 0. The lowest BCUT2D eigenvalue weighted by atomic mass is 9.82. The second-order valence-corrected chi connectivity index (χ2v) is 6.93. The molecule has 25 heavy (non-hydrogen) atoms. The van der Waals surface area contributed by atoms with Crippen LogP contribution in [0.5, 0.6) is 5.75 Å². The number of allylic oxidation sites excluding steroid dienone is 6. The van der Waals surface area contributed by atoms with Crippen molar-refractivity contribution in [1.82, 2.24) is 0 Å². The highest BCUT2D eigenvalue weighted by atomic mass is 16.3. The number of ketones is 1. The molecule has 1 N–H and O–H groups in total. The van der Waals surface area contributed by atoms with Crippen LogP contribution in [0.15, 0.2) is 71.8 Å². The first-order chi connectivity index (χ1) is 12.0. The third-order valence-corrected chi connectivity index (χ3v) is 5.01. The van der Waals surface area contributed by atoms with Crippen molar-refractivity contribution in [3.8, 4) is 5.75 Å². The summed E-state index contributed by atoms with van der Waals surface area (Å²) < 4.78 is 0. The Hall–Kier alpha value is -2.87. The smallest absolute Gasteiger partial charge is 0.156 e. The molecule has 1 atom stereocenters. The van der Waals surface area contributed by atoms with E-state index in [1.807, 2.05) is 12.1 Å². The summed E-state index contributed by atoms with van der Waals surface area (Å²) in [6.45, 7) is 4.19. The molecule has 0 amide bonds. The van der Waals surface area contributed by atoms with Crippen molar-refractivity contribution in [2.24, 2.45) is 5.92 Å². The summed E-state index contributed by atoms with van der Waals surface area (Å²) in [6, 6.07) is 15.7. The predicted octanol–water partition coefficient (Wildman–Crippen LogP) is 5.09. The first-order valence-electron chi connectivity index (χ1n) is 8.60. The zero-order chi connectivity index (χ0) is 17.6. The molecule has 0 radical (unpaired) electrons. The molecule has 0 saturated carbocycles. The summed E-state index contributed by atoms with van der Waals surface area (Å²) >= 11 is 0. The molecule has 2 aliphatic rings. The minimum Gasteiger partial charge on any atom is -0.508 e. The van der Waals surface area contributed by atoms with E-state index in [0.717, 1.165) is 27.8 Å². The number of carbonyl (C=O) groups is 1. The Labute approximate surface area is 147 Å². The molecular formula is C23H20O2. The van der Waals surface area contributed by atoms with Crippen LogP contribution in [-0.2, 0) is 4.79 Å². The van der Waals surface area contributed by atoms with Crippen LogP contribution < -0.4 is 0 Å². The van der Waals surface area contributed by atoms with Crippen LogP contribution in [-0.4, -0.2) is 10.9 Å². The third-order valence-electron chi connectivity index (χ3n) is 5.01. The lowest BCUT2D eigenvalue weighted by Crippen LogP contribution is -2.13. The molecule has 0 aliphatic heterocycles. The normalized spacial score (nSPS) is 19.6. The van der Waals surface area contributed by atoms with Gasteiger partial charge < -0.3 is 5.11 Å². The van der Waals surface area contributed by atoms with Gasteiger partial charge in [0.25, 0.3) is 0 Å². The Morgan fingerprint density at radius 1 is 0.920 bits per heavy atom. The van der Waals surface area contributed by atoms with Gasteiger partial charge in [-0.2, -0.15) is 0 Å². The second-order valence-electron chi connectivity index (χ2n) is 6.93. The molecule has 2 aromatic rings. The number of aromatic hydroxyl groups is 1. The minimum atomic E-state index is 0.191. The Balaban J connectivity index is 1.95. The first kappa shape index (κ1) is 15.6. The third kappa shape index (κ3) is 2.74. The molecule has 2 aromatic carbocycles. The molecule has 0 heterocycles. The van der Waals surface area contributed by atoms with Crippen molar-refractivity contribution >= 4 is 16.9 Å². The van der Waals surface area contributed by atoms with E-state index in [-0.39, 0.29) is 17.5 Å². The van der Waals surface area contributed by atoms with Crippen LogP contribution in [0.4, 0.5) is 0 Å². The van der Waals surface area contributed by atoms with Crippen LogP contribution in [0.3, 0.4) is 0 Å². The van der Waals surface area contributed by atoms with Crippen LogP contribution in [0.1, 0.15) is 30.0 Å². The molecule has 0 fully saturated rings. The molecule has 124 valence electrons. The lowest BCUT2D eigenvalue weighted by Gasteiger charge is -2.21. The highest BCUT2D eigenvalue weighted by molar-refractivity contribution is 6.12. The van der Waals surface area contributed by atoms with E-state index in [0.29, 0.717) is 6.42 Å². The van der Waals surface area contributed by atoms with Crippen molar-refractivity contribution in [1.29, 1.82) is 0 Å². The molecule has 1 unspecified atom stereocenters. The Morgan fingerprint density at radius 2 is 1.56 bits per heavy atom. The van der Waals surface area contributed by atoms with Crippen LogP contribution in [0, 0.1) is 12.8 Å². The number of phenolic OH excluding ortho intramolecular Hbond substituents is 1. The molecule has 2 heteroatoms. The molecule has 0 bridgehead atoms. The number of hydrogen-bond donors (Lipinski definition) is 1. The highest BCUT2D eigenvalue weighted by Crippen LogP contribution is 2.47. The summed E-state index contributed by atoms with van der Waals surface area (Å²) in [5.41, 5.74) is 7.90. The van der Waals surface area contributed by atoms with Crippen molar-refractivity contribution in [2.75, 3.05) is 0 Å². The monoisotopic (exact) mass is 328 g/mol. The number of carbonyl (C=O) groups excluding carboxylic acids is 1. The lowest BCUT2D eigenvalue weighted by molar-refractivity contribution is -0.115. The van der Waals surface area contributed by atoms with Gasteiger partial charge in [-0.15, -0.1) is 0 Å². The summed E-state index contributed by atoms with van der Waals surface area (Å²) in [5, 5.41) is 9.61. The van der Waals surface area contributed by atoms with E-state index in [9.17, 15) is 9.90 Å². The SMILES string of the molecule is Cc1ccc(C2=C(c3ccc(O)cc3)C=C3C2=CC(=O)CC3C)cc1. The molecule has 4 rings (SSSR count). The standard InChI is InChI=1S/C23H20O2/c1-14-3-5-17(6-4-14)23-21(16-7-9-18(24)10-8-16)13-20-15(2)11-19(25)12-22(20)23/h3-10,12-13,15,24H,11H2,1-2H3. The average Bonchev–Trinajstić information content (AvgIpc) is 2.96. The Morgan fingerprint density at radius 3 is 2.24 bits per heavy atom. The van der Waals surface area contributed by atoms with Gasteiger partial charge in [0.05, 0.1) is 0 Å². The number of rotatable bonds is 2. The summed E-state index contributed by atoms with van der Waals surface area (Å²) in [4.78, 5) is 12.2. The quantitative estimate of drug-likeness (QED) is 0.834. The average molecular weight is 328 g/mol. The Bertz CT molecular complexity index is 939. The zero-order valence-electron chi connectivity index (χ0n) is 14.4. The highest BCUT2D eigenvalue weighted by Gasteiger charge is 2.31. The number of aryl methyl sites for hydroxylation is 1. The summed E-state index contributed by atoms with van der Waals surface area (Å²) in [5.74, 6) is 0.672. The molecule has 0 aromatic heterocycles. The predicted molar refractivity (Wildman–Crippen MR) is 101 cm³/mol. The molecule has 2 aliphatic carbocycles. The van der Waals surface area contributed by atoms with Crippen LogP contribution >= 0.6 is 0 Å². The minimum absolute atomic E-state index is 0.191. The van der Waals surface area contributed by atoms with Gasteiger partial charge in [0.15, 0.2) is 5.78 Å². The van der Waals surface area contributed by atoms with Gasteiger partial charge >= 0.3 is 0 Å². The fraction of sp³-hybridized carbons (Fsp3) is 0.174. The number of fused-ring (bicyclic) bond motifs is 1. The maximum atomic E-state index is 12.2. The molecule has 0 saturated heterocycles. The van der Waals surface area contributed by atoms with Crippen molar-refractivity contribution in [3.63, 3.8) is 0 Å². The second kappa shape index (κ2) is 5.89. The van der Waals surface area contributed by atoms with Gasteiger partial charge in [0, 0.05) is 6.42 Å².